The molecule has 0 unspecified atom stereocenters. The van der Waals surface area contributed by atoms with E-state index in [9.17, 15) is 0 Å². The lowest BCUT2D eigenvalue weighted by Crippen LogP contribution is -2.44. The van der Waals surface area contributed by atoms with Crippen molar-refractivity contribution in [2.24, 2.45) is 0 Å². The zero-order valence-corrected chi connectivity index (χ0v) is 9.70. The summed E-state index contributed by atoms with van der Waals surface area (Å²) in [5.41, 5.74) is 0. The van der Waals surface area contributed by atoms with Crippen LogP contribution in [-0.2, 0) is 0 Å². The van der Waals surface area contributed by atoms with Gasteiger partial charge in [-0.3, -0.25) is 0 Å². The fourth-order valence-corrected chi connectivity index (χ4v) is 1.80. The second-order valence-corrected chi connectivity index (χ2v) is 3.66. The van der Waals surface area contributed by atoms with E-state index >= 15 is 0 Å². The molecule has 1 aliphatic heterocycles. The molecular weight excluding hydrogens is 212 g/mol. The van der Waals surface area contributed by atoms with Crippen LogP contribution in [0.2, 0.25) is 0 Å². The molecule has 0 amide bonds. The Morgan fingerprint density at radius 3 is 2.73 bits per heavy atom. The lowest BCUT2D eigenvalue weighted by Gasteiger charge is -2.31. The highest BCUT2D eigenvalue weighted by molar-refractivity contribution is 5.85. The maximum atomic E-state index is 4.24. The number of hydrogen-bond acceptors (Lipinski definition) is 4. The Bertz CT molecular complexity index is 274. The highest BCUT2D eigenvalue weighted by Crippen LogP contribution is 2.13. The van der Waals surface area contributed by atoms with Gasteiger partial charge in [0.1, 0.15) is 0 Å². The Labute approximate surface area is 96.5 Å². The molecule has 84 valence electrons. The van der Waals surface area contributed by atoms with Crippen molar-refractivity contribution in [2.45, 2.75) is 18.9 Å². The molecule has 1 aromatic rings. The number of anilines is 1. The van der Waals surface area contributed by atoms with Crippen LogP contribution in [0.5, 0.6) is 0 Å². The second-order valence-electron chi connectivity index (χ2n) is 3.66. The van der Waals surface area contributed by atoms with E-state index in [4.69, 9.17) is 0 Å². The predicted molar refractivity (Wildman–Crippen MR) is 63.6 cm³/mol. The van der Waals surface area contributed by atoms with Crippen molar-refractivity contribution < 1.29 is 0 Å². The minimum absolute atomic E-state index is 0. The summed E-state index contributed by atoms with van der Waals surface area (Å²) in [7, 11) is 2.06. The Hall–Kier alpha value is -0.870. The largest absolute Gasteiger partial charge is 0.340 e. The molecule has 0 aromatic carbocycles. The van der Waals surface area contributed by atoms with Crippen LogP contribution in [0.3, 0.4) is 0 Å². The van der Waals surface area contributed by atoms with Gasteiger partial charge in [0, 0.05) is 32.0 Å². The third-order valence-electron chi connectivity index (χ3n) is 2.69. The van der Waals surface area contributed by atoms with E-state index in [1.807, 2.05) is 6.07 Å². The van der Waals surface area contributed by atoms with Crippen molar-refractivity contribution in [3.8, 4) is 0 Å². The van der Waals surface area contributed by atoms with E-state index in [-0.39, 0.29) is 12.4 Å². The van der Waals surface area contributed by atoms with E-state index < -0.39 is 0 Å². The highest BCUT2D eigenvalue weighted by atomic mass is 35.5. The molecular formula is C10H17ClN4. The lowest BCUT2D eigenvalue weighted by molar-refractivity contribution is 0.441. The monoisotopic (exact) mass is 228 g/mol. The van der Waals surface area contributed by atoms with E-state index in [1.54, 1.807) is 12.4 Å². The fourth-order valence-electron chi connectivity index (χ4n) is 1.80. The Morgan fingerprint density at radius 1 is 1.40 bits per heavy atom. The van der Waals surface area contributed by atoms with Crippen molar-refractivity contribution in [1.29, 1.82) is 0 Å². The van der Waals surface area contributed by atoms with Gasteiger partial charge in [0.25, 0.3) is 0 Å². The maximum Gasteiger partial charge on any atom is 0.225 e. The van der Waals surface area contributed by atoms with Gasteiger partial charge in [0.05, 0.1) is 0 Å². The smallest absolute Gasteiger partial charge is 0.225 e. The van der Waals surface area contributed by atoms with Crippen molar-refractivity contribution in [1.82, 2.24) is 15.3 Å². The first-order valence-corrected chi connectivity index (χ1v) is 5.08. The zero-order valence-electron chi connectivity index (χ0n) is 8.89. The molecule has 1 N–H and O–H groups in total. The summed E-state index contributed by atoms with van der Waals surface area (Å²) < 4.78 is 0. The van der Waals surface area contributed by atoms with Crippen LogP contribution in [0.1, 0.15) is 12.8 Å². The quantitative estimate of drug-likeness (QED) is 0.823. The van der Waals surface area contributed by atoms with E-state index in [0.29, 0.717) is 6.04 Å². The Morgan fingerprint density at radius 2 is 2.13 bits per heavy atom. The number of nitrogens with one attached hydrogen (secondary N) is 1. The zero-order chi connectivity index (χ0) is 9.80. The normalized spacial score (nSPS) is 20.5. The van der Waals surface area contributed by atoms with Gasteiger partial charge in [-0.05, 0) is 25.5 Å². The predicted octanol–water partition coefficient (Wildman–Crippen LogP) is 1.09. The van der Waals surface area contributed by atoms with Crippen LogP contribution in [0.4, 0.5) is 5.95 Å². The van der Waals surface area contributed by atoms with Gasteiger partial charge in [-0.2, -0.15) is 0 Å². The van der Waals surface area contributed by atoms with Crippen LogP contribution >= 0.6 is 12.4 Å². The summed E-state index contributed by atoms with van der Waals surface area (Å²) in [6.07, 6.45) is 6.04. The summed E-state index contributed by atoms with van der Waals surface area (Å²) in [6.45, 7) is 2.18. The maximum absolute atomic E-state index is 4.24. The summed E-state index contributed by atoms with van der Waals surface area (Å²) in [5.74, 6) is 0.821. The van der Waals surface area contributed by atoms with Crippen molar-refractivity contribution >= 4 is 18.4 Å². The molecule has 15 heavy (non-hydrogen) atoms. The first-order valence-electron chi connectivity index (χ1n) is 5.08. The molecule has 1 saturated heterocycles. The van der Waals surface area contributed by atoms with Crippen LogP contribution in [0, 0.1) is 0 Å². The number of nitrogens with zero attached hydrogens (tertiary/aromatic N) is 3. The topological polar surface area (TPSA) is 41.1 Å². The fraction of sp³-hybridized carbons (Fsp3) is 0.600. The van der Waals surface area contributed by atoms with E-state index in [0.717, 1.165) is 19.0 Å². The van der Waals surface area contributed by atoms with Crippen molar-refractivity contribution in [3.05, 3.63) is 18.5 Å². The molecule has 0 radical (unpaired) electrons. The molecule has 0 spiro atoms. The average Bonchev–Trinajstić information content (AvgIpc) is 2.30. The molecule has 2 heterocycles. The number of likely N-dealkylation sites (N-methyl/N-ethyl adjacent to an activating group) is 1. The minimum atomic E-state index is 0. The molecule has 1 aliphatic rings. The van der Waals surface area contributed by atoms with Crippen LogP contribution in [0.15, 0.2) is 18.5 Å². The second kappa shape index (κ2) is 5.88. The summed E-state index contributed by atoms with van der Waals surface area (Å²) in [6, 6.07) is 2.38. The van der Waals surface area contributed by atoms with E-state index in [2.05, 4.69) is 27.2 Å². The molecule has 0 saturated carbocycles. The van der Waals surface area contributed by atoms with Crippen molar-refractivity contribution in [3.63, 3.8) is 0 Å². The molecule has 1 atom stereocenters. The highest BCUT2D eigenvalue weighted by Gasteiger charge is 2.18. The van der Waals surface area contributed by atoms with Gasteiger partial charge in [-0.25, -0.2) is 9.97 Å². The average molecular weight is 229 g/mol. The summed E-state index contributed by atoms with van der Waals surface area (Å²) in [5, 5.41) is 3.39. The lowest BCUT2D eigenvalue weighted by atomic mass is 10.1. The number of hydrogen-bond donors (Lipinski definition) is 1. The van der Waals surface area contributed by atoms with Gasteiger partial charge < -0.3 is 10.2 Å². The third kappa shape index (κ3) is 3.04. The Kier molecular flexibility index (Phi) is 4.78. The SMILES string of the molecule is CN(c1ncccn1)[C@@H]1CCCNC1.Cl. The summed E-state index contributed by atoms with van der Waals surface area (Å²) in [4.78, 5) is 10.6. The Balaban J connectivity index is 0.00000112. The van der Waals surface area contributed by atoms with E-state index in [1.165, 1.54) is 12.8 Å². The summed E-state index contributed by atoms with van der Waals surface area (Å²) >= 11 is 0. The molecule has 2 rings (SSSR count). The number of halogens is 1. The van der Waals surface area contributed by atoms with Crippen molar-refractivity contribution in [2.75, 3.05) is 25.0 Å². The molecule has 5 heteroatoms. The molecule has 1 fully saturated rings. The van der Waals surface area contributed by atoms with Gasteiger partial charge in [-0.15, -0.1) is 12.4 Å². The molecule has 0 aliphatic carbocycles. The first kappa shape index (κ1) is 12.2. The molecule has 1 aromatic heterocycles. The number of rotatable bonds is 2. The minimum Gasteiger partial charge on any atom is -0.340 e. The number of aromatic nitrogens is 2. The van der Waals surface area contributed by atoms with Gasteiger partial charge in [-0.1, -0.05) is 0 Å². The van der Waals surface area contributed by atoms with Gasteiger partial charge >= 0.3 is 0 Å². The van der Waals surface area contributed by atoms with Crippen LogP contribution in [-0.4, -0.2) is 36.1 Å². The first-order chi connectivity index (χ1) is 6.88. The molecule has 0 bridgehead atoms. The third-order valence-corrected chi connectivity index (χ3v) is 2.69. The van der Waals surface area contributed by atoms with Gasteiger partial charge in [0.2, 0.25) is 5.95 Å². The number of piperidine rings is 1. The van der Waals surface area contributed by atoms with Gasteiger partial charge in [0.15, 0.2) is 0 Å². The van der Waals surface area contributed by atoms with Crippen LogP contribution < -0.4 is 10.2 Å². The standard InChI is InChI=1S/C10H16N4.ClH/c1-14(9-4-2-5-11-8-9)10-12-6-3-7-13-10;/h3,6-7,9,11H,2,4-5,8H2,1H3;1H/t9-;/m1./s1. The molecule has 4 nitrogen and oxygen atoms in total. The van der Waals surface area contributed by atoms with Crippen LogP contribution in [0.25, 0.3) is 0 Å².